The Morgan fingerprint density at radius 3 is 1.83 bits per heavy atom. The molecule has 0 aromatic rings. The molecule has 0 amide bonds. The summed E-state index contributed by atoms with van der Waals surface area (Å²) in [6.07, 6.45) is 7.64. The van der Waals surface area contributed by atoms with Crippen molar-refractivity contribution in [3.63, 3.8) is 0 Å². The maximum Gasteiger partial charge on any atom is 0.309 e. The van der Waals surface area contributed by atoms with Crippen molar-refractivity contribution in [3.05, 3.63) is 0 Å². The highest BCUT2D eigenvalue weighted by atomic mass is 16.6. The summed E-state index contributed by atoms with van der Waals surface area (Å²) in [5, 5.41) is 0. The van der Waals surface area contributed by atoms with Gasteiger partial charge in [0.2, 0.25) is 0 Å². The number of ether oxygens (including phenoxy) is 1. The van der Waals surface area contributed by atoms with Gasteiger partial charge in [0.15, 0.2) is 0 Å². The molecule has 4 aliphatic rings. The summed E-state index contributed by atoms with van der Waals surface area (Å²) in [5.74, 6) is 3.01. The second-order valence-electron chi connectivity index (χ2n) is 7.55. The largest absolute Gasteiger partial charge is 0.459 e. The van der Waals surface area contributed by atoms with Crippen LogP contribution < -0.4 is 0 Å². The molecule has 4 aliphatic carbocycles. The van der Waals surface area contributed by atoms with Crippen LogP contribution in [-0.4, -0.2) is 11.6 Å². The number of hydrogen-bond acceptors (Lipinski definition) is 2. The molecule has 18 heavy (non-hydrogen) atoms. The summed E-state index contributed by atoms with van der Waals surface area (Å²) in [4.78, 5) is 12.2. The molecule has 0 aromatic carbocycles. The van der Waals surface area contributed by atoms with Crippen molar-refractivity contribution in [1.29, 1.82) is 0 Å². The van der Waals surface area contributed by atoms with E-state index in [-0.39, 0.29) is 17.5 Å². The van der Waals surface area contributed by atoms with Gasteiger partial charge in [-0.25, -0.2) is 0 Å². The topological polar surface area (TPSA) is 26.3 Å². The number of hydrogen-bond donors (Lipinski definition) is 0. The van der Waals surface area contributed by atoms with E-state index in [1.54, 1.807) is 0 Å². The summed E-state index contributed by atoms with van der Waals surface area (Å²) in [6, 6.07) is 0. The molecule has 2 nitrogen and oxygen atoms in total. The quantitative estimate of drug-likeness (QED) is 0.712. The predicted molar refractivity (Wildman–Crippen MR) is 71.0 cm³/mol. The SMILES string of the molecule is CC(C)C(C)C(=O)OC12CC3CC(CC(C3)C1)C2. The molecule has 0 heterocycles. The molecular weight excluding hydrogens is 224 g/mol. The van der Waals surface area contributed by atoms with E-state index in [1.165, 1.54) is 19.3 Å². The Balaban J connectivity index is 1.70. The van der Waals surface area contributed by atoms with E-state index >= 15 is 0 Å². The van der Waals surface area contributed by atoms with E-state index in [9.17, 15) is 4.79 Å². The maximum atomic E-state index is 12.2. The summed E-state index contributed by atoms with van der Waals surface area (Å²) in [5.41, 5.74) is -0.0605. The van der Waals surface area contributed by atoms with E-state index in [1.807, 2.05) is 6.92 Å². The number of carbonyl (C=O) groups is 1. The molecule has 4 saturated carbocycles. The van der Waals surface area contributed by atoms with Gasteiger partial charge < -0.3 is 4.74 Å². The van der Waals surface area contributed by atoms with E-state index < -0.39 is 0 Å². The average Bonchev–Trinajstić information content (AvgIpc) is 2.24. The van der Waals surface area contributed by atoms with Crippen LogP contribution in [0, 0.1) is 29.6 Å². The maximum absolute atomic E-state index is 12.2. The minimum absolute atomic E-state index is 0.0398. The first-order chi connectivity index (χ1) is 8.47. The Bertz CT molecular complexity index is 310. The van der Waals surface area contributed by atoms with Gasteiger partial charge in [0.25, 0.3) is 0 Å². The van der Waals surface area contributed by atoms with Crippen LogP contribution in [0.5, 0.6) is 0 Å². The Hall–Kier alpha value is -0.530. The zero-order valence-corrected chi connectivity index (χ0v) is 11.9. The zero-order valence-electron chi connectivity index (χ0n) is 11.9. The normalized spacial score (nSPS) is 43.2. The summed E-state index contributed by atoms with van der Waals surface area (Å²) < 4.78 is 6.03. The second kappa shape index (κ2) is 4.25. The first-order valence-corrected chi connectivity index (χ1v) is 7.70. The van der Waals surface area contributed by atoms with E-state index in [0.29, 0.717) is 5.92 Å². The van der Waals surface area contributed by atoms with Crippen molar-refractivity contribution in [2.45, 2.75) is 64.9 Å². The average molecular weight is 250 g/mol. The molecule has 0 radical (unpaired) electrons. The molecule has 4 rings (SSSR count). The first-order valence-electron chi connectivity index (χ1n) is 7.70. The van der Waals surface area contributed by atoms with Crippen LogP contribution in [0.1, 0.15) is 59.3 Å². The fourth-order valence-electron chi connectivity index (χ4n) is 4.73. The predicted octanol–water partition coefficient (Wildman–Crippen LogP) is 3.79. The van der Waals surface area contributed by atoms with Crippen molar-refractivity contribution < 1.29 is 9.53 Å². The van der Waals surface area contributed by atoms with Crippen molar-refractivity contribution >= 4 is 5.97 Å². The number of rotatable bonds is 3. The Labute approximate surface area is 110 Å². The van der Waals surface area contributed by atoms with Gasteiger partial charge in [-0.15, -0.1) is 0 Å². The third-order valence-electron chi connectivity index (χ3n) is 5.67. The van der Waals surface area contributed by atoms with Crippen molar-refractivity contribution in [1.82, 2.24) is 0 Å². The lowest BCUT2D eigenvalue weighted by atomic mass is 9.54. The highest BCUT2D eigenvalue weighted by Gasteiger charge is 2.53. The standard InChI is InChI=1S/C16H26O2/c1-10(2)11(3)15(17)18-16-7-12-4-13(8-16)6-14(5-12)9-16/h10-14H,4-9H2,1-3H3. The third kappa shape index (κ3) is 2.08. The molecule has 1 atom stereocenters. The van der Waals surface area contributed by atoms with Crippen LogP contribution in [0.3, 0.4) is 0 Å². The van der Waals surface area contributed by atoms with Gasteiger partial charge in [-0.05, 0) is 62.2 Å². The molecule has 0 N–H and O–H groups in total. The molecule has 0 spiro atoms. The molecule has 4 bridgehead atoms. The summed E-state index contributed by atoms with van der Waals surface area (Å²) in [7, 11) is 0. The Kier molecular flexibility index (Phi) is 2.95. The molecular formula is C16H26O2. The van der Waals surface area contributed by atoms with Gasteiger partial charge in [-0.2, -0.15) is 0 Å². The van der Waals surface area contributed by atoms with Gasteiger partial charge in [0, 0.05) is 0 Å². The molecule has 1 unspecified atom stereocenters. The van der Waals surface area contributed by atoms with E-state index in [2.05, 4.69) is 13.8 Å². The minimum atomic E-state index is -0.0605. The first kappa shape index (κ1) is 12.5. The van der Waals surface area contributed by atoms with Gasteiger partial charge in [0.05, 0.1) is 5.92 Å². The van der Waals surface area contributed by atoms with Gasteiger partial charge in [-0.3, -0.25) is 4.79 Å². The van der Waals surface area contributed by atoms with Gasteiger partial charge >= 0.3 is 5.97 Å². The lowest BCUT2D eigenvalue weighted by Gasteiger charge is -2.55. The minimum Gasteiger partial charge on any atom is -0.459 e. The van der Waals surface area contributed by atoms with Crippen LogP contribution in [0.15, 0.2) is 0 Å². The van der Waals surface area contributed by atoms with Gasteiger partial charge in [0.1, 0.15) is 5.60 Å². The van der Waals surface area contributed by atoms with Crippen molar-refractivity contribution in [2.75, 3.05) is 0 Å². The monoisotopic (exact) mass is 250 g/mol. The molecule has 0 aliphatic heterocycles. The lowest BCUT2D eigenvalue weighted by Crippen LogP contribution is -2.53. The number of esters is 1. The van der Waals surface area contributed by atoms with E-state index in [0.717, 1.165) is 37.0 Å². The molecule has 0 aromatic heterocycles. The zero-order chi connectivity index (χ0) is 12.9. The van der Waals surface area contributed by atoms with Crippen LogP contribution in [0.4, 0.5) is 0 Å². The van der Waals surface area contributed by atoms with Crippen molar-refractivity contribution in [2.24, 2.45) is 29.6 Å². The highest BCUT2D eigenvalue weighted by Crippen LogP contribution is 2.57. The molecule has 2 heteroatoms. The van der Waals surface area contributed by atoms with Crippen molar-refractivity contribution in [3.8, 4) is 0 Å². The fraction of sp³-hybridized carbons (Fsp3) is 0.938. The van der Waals surface area contributed by atoms with Crippen LogP contribution >= 0.6 is 0 Å². The Morgan fingerprint density at radius 2 is 1.44 bits per heavy atom. The third-order valence-corrected chi connectivity index (χ3v) is 5.67. The fourth-order valence-corrected chi connectivity index (χ4v) is 4.73. The molecule has 0 saturated heterocycles. The second-order valence-corrected chi connectivity index (χ2v) is 7.55. The van der Waals surface area contributed by atoms with Crippen LogP contribution in [-0.2, 0) is 9.53 Å². The summed E-state index contributed by atoms with van der Waals surface area (Å²) >= 11 is 0. The molecule has 4 fully saturated rings. The van der Waals surface area contributed by atoms with Gasteiger partial charge in [-0.1, -0.05) is 20.8 Å². The van der Waals surface area contributed by atoms with Crippen LogP contribution in [0.25, 0.3) is 0 Å². The van der Waals surface area contributed by atoms with Crippen LogP contribution in [0.2, 0.25) is 0 Å². The smallest absolute Gasteiger partial charge is 0.309 e. The lowest BCUT2D eigenvalue weighted by molar-refractivity contribution is -0.191. The Morgan fingerprint density at radius 1 is 1.00 bits per heavy atom. The highest BCUT2D eigenvalue weighted by molar-refractivity contribution is 5.72. The number of carbonyl (C=O) groups excluding carboxylic acids is 1. The van der Waals surface area contributed by atoms with E-state index in [4.69, 9.17) is 4.74 Å². The molecule has 102 valence electrons. The summed E-state index contributed by atoms with van der Waals surface area (Å²) in [6.45, 7) is 6.21.